The molecule has 3 aliphatic rings. The second kappa shape index (κ2) is 4.43. The zero-order chi connectivity index (χ0) is 14.7. The fourth-order valence-corrected chi connectivity index (χ4v) is 4.28. The molecule has 0 bridgehead atoms. The van der Waals surface area contributed by atoms with Crippen LogP contribution in [0.2, 0.25) is 0 Å². The molecule has 5 rings (SSSR count). The fraction of sp³-hybridized carbons (Fsp3) is 0.316. The molecule has 3 heteroatoms. The number of hydrogen-bond acceptors (Lipinski definition) is 3. The summed E-state index contributed by atoms with van der Waals surface area (Å²) in [6, 6.07) is 14.3. The van der Waals surface area contributed by atoms with Crippen molar-refractivity contribution < 1.29 is 4.79 Å². The summed E-state index contributed by atoms with van der Waals surface area (Å²) in [5.41, 5.74) is 5.09. The summed E-state index contributed by atoms with van der Waals surface area (Å²) in [5, 5.41) is 3.48. The third kappa shape index (κ3) is 1.63. The van der Waals surface area contributed by atoms with Crippen LogP contribution in [0.4, 0.5) is 5.69 Å². The van der Waals surface area contributed by atoms with Gasteiger partial charge in [-0.25, -0.2) is 0 Å². The topological polar surface area (TPSA) is 32.3 Å². The standard InChI is InChI=1S/C19H18N2O/c22-19-17-4-2-1-3-15(17)16-6-5-14(7-18(16)19)21-10-12-8-20-9-13(12)11-21/h1-7,12-13,20H,8-11H2. The Hall–Kier alpha value is -2.13. The van der Waals surface area contributed by atoms with E-state index in [0.29, 0.717) is 0 Å². The zero-order valence-corrected chi connectivity index (χ0v) is 12.4. The first-order valence-corrected chi connectivity index (χ1v) is 8.05. The van der Waals surface area contributed by atoms with E-state index in [1.165, 1.54) is 5.69 Å². The van der Waals surface area contributed by atoms with Gasteiger partial charge in [0.05, 0.1) is 0 Å². The number of benzene rings is 2. The number of nitrogens with zero attached hydrogens (tertiary/aromatic N) is 1. The maximum atomic E-state index is 12.6. The quantitative estimate of drug-likeness (QED) is 0.747. The minimum absolute atomic E-state index is 0.175. The van der Waals surface area contributed by atoms with Gasteiger partial charge in [0.2, 0.25) is 0 Å². The van der Waals surface area contributed by atoms with E-state index in [1.807, 2.05) is 24.3 Å². The van der Waals surface area contributed by atoms with Crippen molar-refractivity contribution in [2.45, 2.75) is 0 Å². The molecule has 2 saturated heterocycles. The molecule has 0 spiro atoms. The molecule has 2 fully saturated rings. The second-order valence-electron chi connectivity index (χ2n) is 6.69. The van der Waals surface area contributed by atoms with Crippen LogP contribution in [-0.4, -0.2) is 32.0 Å². The monoisotopic (exact) mass is 290 g/mol. The number of rotatable bonds is 1. The molecular formula is C19H18N2O. The maximum Gasteiger partial charge on any atom is 0.194 e. The minimum atomic E-state index is 0.175. The summed E-state index contributed by atoms with van der Waals surface area (Å²) in [6.45, 7) is 4.49. The predicted octanol–water partition coefficient (Wildman–Crippen LogP) is 2.55. The Labute approximate surface area is 129 Å². The van der Waals surface area contributed by atoms with Crippen LogP contribution in [0.5, 0.6) is 0 Å². The molecule has 1 aliphatic carbocycles. The Morgan fingerprint density at radius 1 is 0.864 bits per heavy atom. The molecule has 110 valence electrons. The van der Waals surface area contributed by atoms with Crippen molar-refractivity contribution in [1.82, 2.24) is 5.32 Å². The molecule has 2 unspecified atom stereocenters. The summed E-state index contributed by atoms with van der Waals surface area (Å²) < 4.78 is 0. The van der Waals surface area contributed by atoms with Crippen LogP contribution >= 0.6 is 0 Å². The summed E-state index contributed by atoms with van der Waals surface area (Å²) in [7, 11) is 0. The van der Waals surface area contributed by atoms with E-state index in [2.05, 4.69) is 28.4 Å². The van der Waals surface area contributed by atoms with Gasteiger partial charge in [-0.05, 0) is 35.1 Å². The first-order valence-electron chi connectivity index (χ1n) is 8.05. The lowest BCUT2D eigenvalue weighted by Crippen LogP contribution is -2.25. The smallest absolute Gasteiger partial charge is 0.194 e. The van der Waals surface area contributed by atoms with Crippen molar-refractivity contribution in [2.24, 2.45) is 11.8 Å². The predicted molar refractivity (Wildman–Crippen MR) is 87.4 cm³/mol. The number of fused-ring (bicyclic) bond motifs is 4. The van der Waals surface area contributed by atoms with Crippen molar-refractivity contribution >= 4 is 11.5 Å². The highest BCUT2D eigenvalue weighted by atomic mass is 16.1. The van der Waals surface area contributed by atoms with Crippen LogP contribution in [0.3, 0.4) is 0 Å². The highest BCUT2D eigenvalue weighted by Crippen LogP contribution is 2.39. The number of hydrogen-bond donors (Lipinski definition) is 1. The van der Waals surface area contributed by atoms with Gasteiger partial charge in [-0.2, -0.15) is 0 Å². The molecule has 1 N–H and O–H groups in total. The molecule has 2 aromatic rings. The van der Waals surface area contributed by atoms with E-state index in [-0.39, 0.29) is 5.78 Å². The van der Waals surface area contributed by atoms with Gasteiger partial charge in [0.25, 0.3) is 0 Å². The highest BCUT2D eigenvalue weighted by Gasteiger charge is 2.36. The van der Waals surface area contributed by atoms with Crippen molar-refractivity contribution in [3.63, 3.8) is 0 Å². The average molecular weight is 290 g/mol. The number of ketones is 1. The average Bonchev–Trinajstić information content (AvgIpc) is 3.21. The van der Waals surface area contributed by atoms with Crippen molar-refractivity contribution in [2.75, 3.05) is 31.1 Å². The Morgan fingerprint density at radius 2 is 1.55 bits per heavy atom. The number of anilines is 1. The Morgan fingerprint density at radius 3 is 2.32 bits per heavy atom. The van der Waals surface area contributed by atoms with Gasteiger partial charge in [-0.1, -0.05) is 30.3 Å². The lowest BCUT2D eigenvalue weighted by atomic mass is 10.0. The van der Waals surface area contributed by atoms with Crippen molar-refractivity contribution in [1.29, 1.82) is 0 Å². The Balaban J connectivity index is 1.53. The normalized spacial score (nSPS) is 25.3. The SMILES string of the molecule is O=C1c2ccccc2-c2ccc(N3CC4CNCC4C3)cc21. The molecule has 2 heterocycles. The van der Waals surface area contributed by atoms with Gasteiger partial charge in [-0.15, -0.1) is 0 Å². The first-order chi connectivity index (χ1) is 10.8. The molecule has 0 amide bonds. The zero-order valence-electron chi connectivity index (χ0n) is 12.4. The molecule has 0 saturated carbocycles. The highest BCUT2D eigenvalue weighted by molar-refractivity contribution is 6.22. The fourth-order valence-electron chi connectivity index (χ4n) is 4.28. The van der Waals surface area contributed by atoms with E-state index in [1.54, 1.807) is 0 Å². The minimum Gasteiger partial charge on any atom is -0.371 e. The van der Waals surface area contributed by atoms with E-state index < -0.39 is 0 Å². The molecule has 0 aromatic heterocycles. The van der Waals surface area contributed by atoms with Gasteiger partial charge in [0.15, 0.2) is 5.78 Å². The van der Waals surface area contributed by atoms with E-state index in [0.717, 1.165) is 60.3 Å². The second-order valence-corrected chi connectivity index (χ2v) is 6.69. The van der Waals surface area contributed by atoms with Crippen LogP contribution in [0.15, 0.2) is 42.5 Å². The Kier molecular flexibility index (Phi) is 2.50. The molecule has 2 aromatic carbocycles. The van der Waals surface area contributed by atoms with Crippen LogP contribution in [0.25, 0.3) is 11.1 Å². The molecule has 0 radical (unpaired) electrons. The third-order valence-corrected chi connectivity index (χ3v) is 5.46. The largest absolute Gasteiger partial charge is 0.371 e. The van der Waals surface area contributed by atoms with E-state index in [9.17, 15) is 4.79 Å². The molecule has 2 aliphatic heterocycles. The van der Waals surface area contributed by atoms with Crippen LogP contribution in [0.1, 0.15) is 15.9 Å². The van der Waals surface area contributed by atoms with Gasteiger partial charge >= 0.3 is 0 Å². The lowest BCUT2D eigenvalue weighted by molar-refractivity contribution is 0.104. The lowest BCUT2D eigenvalue weighted by Gasteiger charge is -2.20. The van der Waals surface area contributed by atoms with Gasteiger partial charge in [0, 0.05) is 43.0 Å². The Bertz CT molecular complexity index is 771. The number of nitrogens with one attached hydrogen (secondary N) is 1. The van der Waals surface area contributed by atoms with E-state index >= 15 is 0 Å². The molecule has 2 atom stereocenters. The molecule has 22 heavy (non-hydrogen) atoms. The first kappa shape index (κ1) is 12.4. The van der Waals surface area contributed by atoms with Crippen LogP contribution < -0.4 is 10.2 Å². The van der Waals surface area contributed by atoms with E-state index in [4.69, 9.17) is 0 Å². The molecule has 3 nitrogen and oxygen atoms in total. The maximum absolute atomic E-state index is 12.6. The van der Waals surface area contributed by atoms with Gasteiger partial charge < -0.3 is 10.2 Å². The van der Waals surface area contributed by atoms with Crippen molar-refractivity contribution in [3.05, 3.63) is 53.6 Å². The third-order valence-electron chi connectivity index (χ3n) is 5.46. The molecular weight excluding hydrogens is 272 g/mol. The van der Waals surface area contributed by atoms with Crippen molar-refractivity contribution in [3.8, 4) is 11.1 Å². The van der Waals surface area contributed by atoms with Crippen LogP contribution in [-0.2, 0) is 0 Å². The summed E-state index contributed by atoms with van der Waals surface area (Å²) in [6.07, 6.45) is 0. The van der Waals surface area contributed by atoms with Crippen LogP contribution in [0, 0.1) is 11.8 Å². The van der Waals surface area contributed by atoms with Gasteiger partial charge in [0.1, 0.15) is 0 Å². The number of carbonyl (C=O) groups excluding carboxylic acids is 1. The van der Waals surface area contributed by atoms with Gasteiger partial charge in [-0.3, -0.25) is 4.79 Å². The summed E-state index contributed by atoms with van der Waals surface area (Å²) in [5.74, 6) is 1.70. The summed E-state index contributed by atoms with van der Waals surface area (Å²) >= 11 is 0. The number of carbonyl (C=O) groups is 1. The summed E-state index contributed by atoms with van der Waals surface area (Å²) in [4.78, 5) is 15.1.